The number of nitrogens with one attached hydrogen (secondary N) is 8. The topological polar surface area (TPSA) is 382 Å². The summed E-state index contributed by atoms with van der Waals surface area (Å²) in [6.07, 6.45) is 2.66. The van der Waals surface area contributed by atoms with Gasteiger partial charge in [0.05, 0.1) is 25.0 Å². The average Bonchev–Trinajstić information content (AvgIpc) is 4.04. The van der Waals surface area contributed by atoms with Gasteiger partial charge < -0.3 is 73.9 Å². The fraction of sp³-hybridized carbons (Fsp3) is 0.591. The maximum absolute atomic E-state index is 13.9. The van der Waals surface area contributed by atoms with E-state index in [1.807, 2.05) is 13.8 Å². The summed E-state index contributed by atoms with van der Waals surface area (Å²) in [5, 5.41) is 47.6. The van der Waals surface area contributed by atoms with Crippen molar-refractivity contribution in [2.24, 2.45) is 17.4 Å². The summed E-state index contributed by atoms with van der Waals surface area (Å²) >= 11 is 8.02. The molecule has 26 heteroatoms. The molecule has 1 aliphatic rings. The Morgan fingerprint density at radius 2 is 1.40 bits per heavy atom. The minimum atomic E-state index is -1.61. The van der Waals surface area contributed by atoms with E-state index in [0.717, 1.165) is 0 Å². The van der Waals surface area contributed by atoms with Crippen LogP contribution >= 0.6 is 25.3 Å². The van der Waals surface area contributed by atoms with E-state index in [-0.39, 0.29) is 68.4 Å². The number of likely N-dealkylation sites (tertiary alicyclic amines) is 1. The minimum Gasteiger partial charge on any atom is -0.508 e. The maximum atomic E-state index is 13.9. The van der Waals surface area contributed by atoms with Crippen LogP contribution in [0.15, 0.2) is 36.8 Å². The molecule has 0 saturated carbocycles. The fourth-order valence-electron chi connectivity index (χ4n) is 7.37. The third-order valence-electron chi connectivity index (χ3n) is 11.2. The summed E-state index contributed by atoms with van der Waals surface area (Å²) in [6.45, 7) is 4.64. The van der Waals surface area contributed by atoms with Gasteiger partial charge in [-0.1, -0.05) is 26.0 Å². The predicted octanol–water partition coefficient (Wildman–Crippen LogP) is -3.26. The molecule has 388 valence electrons. The average molecular weight is 1020 g/mol. The highest BCUT2D eigenvalue weighted by molar-refractivity contribution is 7.80. The number of amides is 8. The molecule has 0 spiro atoms. The van der Waals surface area contributed by atoms with Gasteiger partial charge in [-0.05, 0) is 75.6 Å². The first kappa shape index (κ1) is 58.4. The second-order valence-electron chi connectivity index (χ2n) is 17.4. The molecule has 2 heterocycles. The van der Waals surface area contributed by atoms with Crippen LogP contribution in [0.4, 0.5) is 0 Å². The number of aromatic nitrogens is 2. The normalized spacial score (nSPS) is 16.8. The third kappa shape index (κ3) is 18.7. The van der Waals surface area contributed by atoms with E-state index in [1.54, 1.807) is 0 Å². The number of benzene rings is 1. The number of hydrogen-bond acceptors (Lipinski definition) is 16. The second kappa shape index (κ2) is 29.3. The van der Waals surface area contributed by atoms with Gasteiger partial charge >= 0.3 is 5.97 Å². The van der Waals surface area contributed by atoms with Gasteiger partial charge in [-0.2, -0.15) is 25.3 Å². The summed E-state index contributed by atoms with van der Waals surface area (Å²) in [5.41, 5.74) is 12.4. The van der Waals surface area contributed by atoms with Crippen molar-refractivity contribution in [1.29, 1.82) is 0 Å². The monoisotopic (exact) mass is 1020 g/mol. The second-order valence-corrected chi connectivity index (χ2v) is 18.1. The first-order valence-corrected chi connectivity index (χ1v) is 24.2. The maximum Gasteiger partial charge on any atom is 0.327 e. The van der Waals surface area contributed by atoms with E-state index >= 15 is 0 Å². The van der Waals surface area contributed by atoms with Crippen molar-refractivity contribution in [2.45, 2.75) is 127 Å². The zero-order valence-corrected chi connectivity index (χ0v) is 41.2. The van der Waals surface area contributed by atoms with Crippen LogP contribution in [0.1, 0.15) is 70.6 Å². The molecule has 0 bridgehead atoms. The number of aromatic amines is 1. The Balaban J connectivity index is 1.76. The molecule has 0 radical (unpaired) electrons. The number of carboxylic acids is 1. The van der Waals surface area contributed by atoms with Crippen LogP contribution in [0, 0.1) is 5.92 Å². The number of carboxylic acid groups (broad SMARTS) is 1. The molecule has 8 amide bonds. The molecule has 3 rings (SSSR count). The number of aromatic hydroxyl groups is 1. The Hall–Kier alpha value is -5.96. The molecule has 1 aromatic heterocycles. The highest BCUT2D eigenvalue weighted by atomic mass is 32.1. The number of nitrogens with two attached hydrogens (primary N) is 2. The Morgan fingerprint density at radius 1 is 0.786 bits per heavy atom. The van der Waals surface area contributed by atoms with E-state index < -0.39 is 114 Å². The number of phenols is 1. The van der Waals surface area contributed by atoms with Crippen LogP contribution in [0.2, 0.25) is 0 Å². The number of aliphatic hydroxyl groups is 1. The number of aliphatic hydroxyl groups excluding tert-OH is 1. The number of H-pyrrole nitrogens is 1. The zero-order chi connectivity index (χ0) is 52.1. The summed E-state index contributed by atoms with van der Waals surface area (Å²) in [7, 11) is 0. The van der Waals surface area contributed by atoms with Gasteiger partial charge in [-0.3, -0.25) is 38.4 Å². The summed E-state index contributed by atoms with van der Waals surface area (Å²) in [5.74, 6) is -7.95. The van der Waals surface area contributed by atoms with Gasteiger partial charge in [0, 0.05) is 42.8 Å². The zero-order valence-electron chi connectivity index (χ0n) is 39.4. The van der Waals surface area contributed by atoms with Gasteiger partial charge in [0.25, 0.3) is 0 Å². The van der Waals surface area contributed by atoms with Gasteiger partial charge in [0.15, 0.2) is 0 Å². The molecular formula is C44H68N12O12S2. The third-order valence-corrected chi connectivity index (χ3v) is 12.0. The lowest BCUT2D eigenvalue weighted by molar-refractivity contribution is -0.141. The molecule has 2 aromatic rings. The summed E-state index contributed by atoms with van der Waals surface area (Å²) in [6, 6.07) is -4.37. The van der Waals surface area contributed by atoms with Gasteiger partial charge in [0.1, 0.15) is 48.0 Å². The van der Waals surface area contributed by atoms with E-state index in [4.69, 9.17) is 11.5 Å². The Morgan fingerprint density at radius 3 is 1.99 bits per heavy atom. The Labute approximate surface area is 416 Å². The number of unbranched alkanes of at least 4 members (excludes halogenated alkanes) is 1. The first-order valence-electron chi connectivity index (χ1n) is 22.9. The Bertz CT molecular complexity index is 2080. The quantitative estimate of drug-likeness (QED) is 0.0281. The molecule has 1 aromatic carbocycles. The van der Waals surface area contributed by atoms with Crippen LogP contribution in [-0.4, -0.2) is 169 Å². The van der Waals surface area contributed by atoms with Crippen LogP contribution < -0.4 is 48.7 Å². The lowest BCUT2D eigenvalue weighted by Gasteiger charge is -2.28. The SMILES string of the molecule is CC(C)C[C@H](NC(=O)[C@@H](N)CS)C(=O)N[C@H](C(=O)N[C@@H](Cc1cnc[nH]1)C(=O)NCC(=O)N1CCC[C@H]1C(=O)N[C@@H](CCCCN)C(=O)N[C@@H](Cc1ccc(O)cc1)C(=O)N[C@@H](CS)C(=O)O)[C@@H](C)O. The van der Waals surface area contributed by atoms with Gasteiger partial charge in [0.2, 0.25) is 47.3 Å². The summed E-state index contributed by atoms with van der Waals surface area (Å²) in [4.78, 5) is 128. The molecule has 1 aliphatic heterocycles. The lowest BCUT2D eigenvalue weighted by atomic mass is 10.0. The molecular weight excluding hydrogens is 953 g/mol. The number of nitrogens with zero attached hydrogens (tertiary/aromatic N) is 2. The molecule has 24 nitrogen and oxygen atoms in total. The number of carbonyl (C=O) groups is 9. The number of aliphatic carboxylic acids is 1. The number of phenolic OH excluding ortho intramolecular Hbond substituents is 1. The molecule has 1 saturated heterocycles. The molecule has 0 aliphatic carbocycles. The van der Waals surface area contributed by atoms with Crippen LogP contribution in [0.25, 0.3) is 0 Å². The van der Waals surface area contributed by atoms with Crippen molar-refractivity contribution < 1.29 is 58.5 Å². The largest absolute Gasteiger partial charge is 0.508 e. The number of imidazole rings is 1. The Kier molecular flexibility index (Phi) is 24.4. The van der Waals surface area contributed by atoms with E-state index in [0.29, 0.717) is 30.5 Å². The number of rotatable bonds is 29. The number of thiol groups is 2. The van der Waals surface area contributed by atoms with Crippen LogP contribution in [0.5, 0.6) is 5.75 Å². The number of carbonyl (C=O) groups excluding carboxylic acids is 8. The molecule has 70 heavy (non-hydrogen) atoms. The number of hydrogen-bond donors (Lipinski definition) is 15. The smallest absolute Gasteiger partial charge is 0.327 e. The highest BCUT2D eigenvalue weighted by Crippen LogP contribution is 2.19. The molecule has 9 atom stereocenters. The van der Waals surface area contributed by atoms with Crippen molar-refractivity contribution in [3.8, 4) is 5.75 Å². The van der Waals surface area contributed by atoms with Gasteiger partial charge in [-0.25, -0.2) is 9.78 Å². The molecule has 0 unspecified atom stereocenters. The van der Waals surface area contributed by atoms with E-state index in [1.165, 1.54) is 48.6 Å². The molecule has 15 N–H and O–H groups in total. The minimum absolute atomic E-state index is 0.00406. The van der Waals surface area contributed by atoms with Crippen molar-refractivity contribution in [3.63, 3.8) is 0 Å². The first-order chi connectivity index (χ1) is 33.2. The summed E-state index contributed by atoms with van der Waals surface area (Å²) < 4.78 is 0. The predicted molar refractivity (Wildman–Crippen MR) is 261 cm³/mol. The van der Waals surface area contributed by atoms with Crippen molar-refractivity contribution in [1.82, 2.24) is 52.1 Å². The van der Waals surface area contributed by atoms with E-state index in [2.05, 4.69) is 72.4 Å². The van der Waals surface area contributed by atoms with Crippen molar-refractivity contribution in [2.75, 3.05) is 31.1 Å². The van der Waals surface area contributed by atoms with Crippen molar-refractivity contribution in [3.05, 3.63) is 48.0 Å². The van der Waals surface area contributed by atoms with Crippen LogP contribution in [0.3, 0.4) is 0 Å². The van der Waals surface area contributed by atoms with Gasteiger partial charge in [-0.15, -0.1) is 0 Å². The highest BCUT2D eigenvalue weighted by Gasteiger charge is 2.38. The standard InChI is InChI=1S/C44H68N12O12S2/c1-23(2)15-30(51-37(60)28(46)20-69)41(64)55-36(24(3)57)43(66)53-32(17-26-18-47-22-49-26)38(61)48-19-35(59)56-14-6-8-34(56)42(65)50-29(7-4-5-13-45)39(62)52-31(16-25-9-11-27(58)12-10-25)40(63)54-33(21-70)44(67)68/h9-12,18,22-24,28-34,36,57-58,69-70H,4-8,13-17,19-21,45-46H2,1-3H3,(H,47,49)(H,48,61)(H,50,65)(H,51,60)(H,52,62)(H,53,66)(H,54,63)(H,55,64)(H,67,68)/t24-,28+,29+,30+,31+,32+,33+,34+,36+/m1/s1. The fourth-order valence-corrected chi connectivity index (χ4v) is 7.79. The van der Waals surface area contributed by atoms with Crippen molar-refractivity contribution >= 4 is 78.5 Å². The lowest BCUT2D eigenvalue weighted by Crippen LogP contribution is -2.61. The van der Waals surface area contributed by atoms with Crippen LogP contribution in [-0.2, 0) is 56.0 Å². The molecule has 1 fully saturated rings. The van der Waals surface area contributed by atoms with E-state index in [9.17, 15) is 58.5 Å².